The second kappa shape index (κ2) is 8.95. The first-order valence-electron chi connectivity index (χ1n) is 8.91. The third-order valence-corrected chi connectivity index (χ3v) is 4.00. The van der Waals surface area contributed by atoms with E-state index in [1.165, 1.54) is 31.4 Å². The summed E-state index contributed by atoms with van der Waals surface area (Å²) < 4.78 is 49.8. The number of alkyl halides is 3. The van der Waals surface area contributed by atoms with Gasteiger partial charge in [-0.1, -0.05) is 19.9 Å². The van der Waals surface area contributed by atoms with E-state index in [4.69, 9.17) is 20.6 Å². The summed E-state index contributed by atoms with van der Waals surface area (Å²) in [6, 6.07) is 4.16. The fourth-order valence-electron chi connectivity index (χ4n) is 2.66. The predicted octanol–water partition coefficient (Wildman–Crippen LogP) is 4.23. The van der Waals surface area contributed by atoms with E-state index in [2.05, 4.69) is 16.5 Å². The number of nitrogens with two attached hydrogens (primary N) is 2. The summed E-state index contributed by atoms with van der Waals surface area (Å²) in [6.45, 7) is 7.53. The molecule has 0 bridgehead atoms. The maximum atomic E-state index is 13.0. The molecule has 4 N–H and O–H groups in total. The Hall–Kier alpha value is -3.40. The van der Waals surface area contributed by atoms with Crippen LogP contribution in [0.4, 0.5) is 13.2 Å². The van der Waals surface area contributed by atoms with E-state index in [9.17, 15) is 18.0 Å². The maximum Gasteiger partial charge on any atom is 0.433 e. The summed E-state index contributed by atoms with van der Waals surface area (Å²) in [7, 11) is 1.31. The van der Waals surface area contributed by atoms with Crippen LogP contribution < -0.4 is 16.2 Å². The van der Waals surface area contributed by atoms with Gasteiger partial charge in [0.1, 0.15) is 17.0 Å². The number of methoxy groups -OCH3 is 1. The number of hydrogen-bond acceptors (Lipinski definition) is 6. The van der Waals surface area contributed by atoms with Crippen molar-refractivity contribution in [2.45, 2.75) is 26.1 Å². The van der Waals surface area contributed by atoms with Crippen LogP contribution in [-0.4, -0.2) is 23.0 Å². The van der Waals surface area contributed by atoms with E-state index >= 15 is 0 Å². The molecule has 2 aromatic heterocycles. The third kappa shape index (κ3) is 4.28. The number of amides is 1. The van der Waals surface area contributed by atoms with Crippen molar-refractivity contribution in [1.29, 1.82) is 0 Å². The van der Waals surface area contributed by atoms with Gasteiger partial charge in [0.25, 0.3) is 5.91 Å². The Morgan fingerprint density at radius 3 is 2.43 bits per heavy atom. The number of nitrogens with zero attached hydrogens (tertiary/aromatic N) is 2. The molecular weight excluding hydrogens is 401 g/mol. The van der Waals surface area contributed by atoms with E-state index in [-0.39, 0.29) is 34.0 Å². The lowest BCUT2D eigenvalue weighted by molar-refractivity contribution is -0.140. The largest absolute Gasteiger partial charge is 0.494 e. The van der Waals surface area contributed by atoms with Gasteiger partial charge in [0, 0.05) is 10.9 Å². The molecule has 3 aromatic rings. The number of aromatic nitrogens is 2. The molecule has 0 spiro atoms. The lowest BCUT2D eigenvalue weighted by Gasteiger charge is -2.11. The van der Waals surface area contributed by atoms with Crippen LogP contribution in [0, 0.1) is 0 Å². The van der Waals surface area contributed by atoms with Crippen LogP contribution in [-0.2, 0) is 6.18 Å². The maximum absolute atomic E-state index is 13.0. The lowest BCUT2D eigenvalue weighted by Crippen LogP contribution is -2.17. The minimum absolute atomic E-state index is 0.00124. The second-order valence-corrected chi connectivity index (χ2v) is 5.76. The van der Waals surface area contributed by atoms with Gasteiger partial charge in [-0.15, -0.1) is 6.58 Å². The molecule has 0 saturated heterocycles. The van der Waals surface area contributed by atoms with Gasteiger partial charge in [0.15, 0.2) is 11.5 Å². The van der Waals surface area contributed by atoms with Crippen LogP contribution in [0.5, 0.6) is 5.75 Å². The van der Waals surface area contributed by atoms with Crippen LogP contribution in [0.1, 0.15) is 41.8 Å². The monoisotopic (exact) mass is 422 g/mol. The van der Waals surface area contributed by atoms with Crippen molar-refractivity contribution < 1.29 is 27.1 Å². The van der Waals surface area contributed by atoms with E-state index in [0.29, 0.717) is 5.56 Å². The fraction of sp³-hybridized carbons (Fsp3) is 0.250. The number of ether oxygens (including phenoxy) is 1. The van der Waals surface area contributed by atoms with Crippen molar-refractivity contribution in [3.8, 4) is 17.2 Å². The SMILES string of the molecule is C=C[C@H](N)c1oc(-c2ccc(OC)c3nc(C(F)(F)F)ccc23)nc1C(N)=O.CC. The van der Waals surface area contributed by atoms with Crippen molar-refractivity contribution in [1.82, 2.24) is 9.97 Å². The van der Waals surface area contributed by atoms with E-state index in [1.807, 2.05) is 13.8 Å². The van der Waals surface area contributed by atoms with E-state index in [1.54, 1.807) is 0 Å². The average molecular weight is 422 g/mol. The number of rotatable bonds is 5. The van der Waals surface area contributed by atoms with Gasteiger partial charge in [-0.3, -0.25) is 4.79 Å². The zero-order valence-corrected chi connectivity index (χ0v) is 16.6. The minimum Gasteiger partial charge on any atom is -0.494 e. The van der Waals surface area contributed by atoms with Gasteiger partial charge in [-0.25, -0.2) is 9.97 Å². The van der Waals surface area contributed by atoms with Gasteiger partial charge >= 0.3 is 6.18 Å². The first kappa shape index (κ1) is 22.9. The molecule has 1 aromatic carbocycles. The number of hydrogen-bond donors (Lipinski definition) is 2. The quantitative estimate of drug-likeness (QED) is 0.594. The standard InChI is InChI=1S/C18H15F3N4O3.C2H6/c1-3-10(22)15-14(16(23)26)25-17(28-15)9-4-6-11(27-2)13-8(9)5-7-12(24-13)18(19,20)21;1-2/h3-7,10H,1,22H2,2H3,(H2,23,26);1-2H3/t10-;/m0./s1. The Morgan fingerprint density at radius 1 is 1.23 bits per heavy atom. The van der Waals surface area contributed by atoms with Gasteiger partial charge in [0.05, 0.1) is 13.2 Å². The normalized spacial score (nSPS) is 12.1. The van der Waals surface area contributed by atoms with Crippen LogP contribution >= 0.6 is 0 Å². The molecule has 10 heteroatoms. The molecule has 1 atom stereocenters. The summed E-state index contributed by atoms with van der Waals surface area (Å²) in [6.07, 6.45) is -3.29. The summed E-state index contributed by atoms with van der Waals surface area (Å²) in [5.74, 6) is -0.774. The zero-order valence-electron chi connectivity index (χ0n) is 16.6. The van der Waals surface area contributed by atoms with Gasteiger partial charge in [0.2, 0.25) is 5.89 Å². The Labute approximate surface area is 170 Å². The highest BCUT2D eigenvalue weighted by Crippen LogP contribution is 2.37. The topological polar surface area (TPSA) is 117 Å². The highest BCUT2D eigenvalue weighted by atomic mass is 19.4. The van der Waals surface area contributed by atoms with Gasteiger partial charge in [-0.2, -0.15) is 13.2 Å². The zero-order chi connectivity index (χ0) is 22.6. The Balaban J connectivity index is 0.00000155. The molecule has 0 saturated carbocycles. The summed E-state index contributed by atoms with van der Waals surface area (Å²) >= 11 is 0. The summed E-state index contributed by atoms with van der Waals surface area (Å²) in [5, 5.41) is 0.281. The number of oxazole rings is 1. The highest BCUT2D eigenvalue weighted by molar-refractivity contribution is 5.97. The number of carbonyl (C=O) groups is 1. The molecule has 0 unspecified atom stereocenters. The molecule has 0 aliphatic carbocycles. The molecule has 30 heavy (non-hydrogen) atoms. The van der Waals surface area contributed by atoms with E-state index < -0.39 is 23.8 Å². The van der Waals surface area contributed by atoms with Crippen LogP contribution in [0.2, 0.25) is 0 Å². The first-order valence-corrected chi connectivity index (χ1v) is 8.91. The molecule has 0 aliphatic rings. The number of halogens is 3. The van der Waals surface area contributed by atoms with Crippen LogP contribution in [0.25, 0.3) is 22.4 Å². The molecule has 0 radical (unpaired) electrons. The smallest absolute Gasteiger partial charge is 0.433 e. The lowest BCUT2D eigenvalue weighted by atomic mass is 10.1. The fourth-order valence-corrected chi connectivity index (χ4v) is 2.66. The third-order valence-electron chi connectivity index (χ3n) is 4.00. The molecule has 2 heterocycles. The van der Waals surface area contributed by atoms with Crippen molar-refractivity contribution in [3.05, 3.63) is 54.1 Å². The Kier molecular flexibility index (Phi) is 6.83. The number of carbonyl (C=O) groups excluding carboxylic acids is 1. The molecule has 160 valence electrons. The van der Waals surface area contributed by atoms with Crippen molar-refractivity contribution in [2.75, 3.05) is 7.11 Å². The van der Waals surface area contributed by atoms with Crippen molar-refractivity contribution in [3.63, 3.8) is 0 Å². The van der Waals surface area contributed by atoms with Crippen molar-refractivity contribution >= 4 is 16.8 Å². The van der Waals surface area contributed by atoms with Gasteiger partial charge in [-0.05, 0) is 24.3 Å². The molecule has 0 fully saturated rings. The second-order valence-electron chi connectivity index (χ2n) is 5.76. The molecule has 3 rings (SSSR count). The molecule has 0 aliphatic heterocycles. The van der Waals surface area contributed by atoms with Crippen molar-refractivity contribution in [2.24, 2.45) is 11.5 Å². The van der Waals surface area contributed by atoms with Crippen LogP contribution in [0.3, 0.4) is 0 Å². The molecule has 1 amide bonds. The summed E-state index contributed by atoms with van der Waals surface area (Å²) in [4.78, 5) is 19.4. The Morgan fingerprint density at radius 2 is 1.90 bits per heavy atom. The Bertz CT molecular complexity index is 1080. The first-order chi connectivity index (χ1) is 14.2. The van der Waals surface area contributed by atoms with Crippen LogP contribution in [0.15, 0.2) is 41.3 Å². The average Bonchev–Trinajstić information content (AvgIpc) is 3.18. The number of benzene rings is 1. The van der Waals surface area contributed by atoms with Gasteiger partial charge < -0.3 is 20.6 Å². The predicted molar refractivity (Wildman–Crippen MR) is 106 cm³/mol. The summed E-state index contributed by atoms with van der Waals surface area (Å²) in [5.41, 5.74) is 10.1. The minimum atomic E-state index is -4.62. The molecule has 7 nitrogen and oxygen atoms in total. The number of pyridine rings is 1. The number of fused-ring (bicyclic) bond motifs is 1. The molecular formula is C20H21F3N4O3. The van der Waals surface area contributed by atoms with E-state index in [0.717, 1.165) is 6.07 Å². The number of primary amides is 1. The highest BCUT2D eigenvalue weighted by Gasteiger charge is 2.33.